The fourth-order valence-corrected chi connectivity index (χ4v) is 3.21. The van der Waals surface area contributed by atoms with Crippen LogP contribution in [0.4, 0.5) is 5.69 Å². The number of hydrogen-bond donors (Lipinski definition) is 3. The summed E-state index contributed by atoms with van der Waals surface area (Å²) in [5, 5.41) is 12.5. The zero-order valence-corrected chi connectivity index (χ0v) is 13.9. The summed E-state index contributed by atoms with van der Waals surface area (Å²) in [6, 6.07) is 8.50. The molecule has 1 saturated heterocycles. The smallest absolute Gasteiger partial charge is 0.278 e. The molecular formula is C18H17N5O3. The maximum absolute atomic E-state index is 12.7. The third kappa shape index (κ3) is 2.85. The van der Waals surface area contributed by atoms with E-state index in [-0.39, 0.29) is 11.6 Å². The highest BCUT2D eigenvalue weighted by Crippen LogP contribution is 2.25. The number of carbonyl (C=O) groups excluding carboxylic acids is 3. The number of H-pyrrole nitrogens is 1. The molecule has 1 fully saturated rings. The first-order chi connectivity index (χ1) is 12.6. The molecule has 2 aromatic rings. The number of aromatic amines is 1. The van der Waals surface area contributed by atoms with Crippen molar-refractivity contribution in [3.8, 4) is 11.3 Å². The molecule has 2 aliphatic heterocycles. The highest BCUT2D eigenvalue weighted by atomic mass is 16.2. The van der Waals surface area contributed by atoms with E-state index in [1.807, 2.05) is 24.3 Å². The van der Waals surface area contributed by atoms with Crippen molar-refractivity contribution >= 4 is 23.4 Å². The maximum Gasteiger partial charge on any atom is 0.278 e. The third-order valence-corrected chi connectivity index (χ3v) is 4.48. The molecule has 1 aromatic carbocycles. The first kappa shape index (κ1) is 16.1. The Morgan fingerprint density at radius 1 is 1.19 bits per heavy atom. The average Bonchev–Trinajstić information content (AvgIpc) is 3.26. The van der Waals surface area contributed by atoms with Gasteiger partial charge in [0.25, 0.3) is 11.8 Å². The molecule has 1 unspecified atom stereocenters. The van der Waals surface area contributed by atoms with Gasteiger partial charge in [-0.3, -0.25) is 24.4 Å². The zero-order chi connectivity index (χ0) is 18.1. The van der Waals surface area contributed by atoms with Crippen LogP contribution in [-0.4, -0.2) is 45.4 Å². The molecule has 1 aromatic heterocycles. The Morgan fingerprint density at radius 3 is 2.85 bits per heavy atom. The number of hydrogen-bond acceptors (Lipinski definition) is 5. The van der Waals surface area contributed by atoms with E-state index < -0.39 is 17.9 Å². The number of imide groups is 1. The largest absolute Gasteiger partial charge is 0.354 e. The first-order valence-corrected chi connectivity index (χ1v) is 8.37. The van der Waals surface area contributed by atoms with E-state index in [2.05, 4.69) is 20.8 Å². The molecule has 0 saturated carbocycles. The van der Waals surface area contributed by atoms with Crippen LogP contribution in [0.2, 0.25) is 0 Å². The Morgan fingerprint density at radius 2 is 2.08 bits per heavy atom. The summed E-state index contributed by atoms with van der Waals surface area (Å²) >= 11 is 0. The summed E-state index contributed by atoms with van der Waals surface area (Å²) in [7, 11) is 0. The Hall–Kier alpha value is -3.42. The molecule has 132 valence electrons. The summed E-state index contributed by atoms with van der Waals surface area (Å²) in [4.78, 5) is 38.0. The van der Waals surface area contributed by atoms with Crippen LogP contribution >= 0.6 is 0 Å². The Bertz CT molecular complexity index is 903. The summed E-state index contributed by atoms with van der Waals surface area (Å²) in [5.74, 6) is -1.23. The van der Waals surface area contributed by atoms with E-state index in [1.165, 1.54) is 6.08 Å². The van der Waals surface area contributed by atoms with Gasteiger partial charge in [0, 0.05) is 30.1 Å². The fraction of sp³-hybridized carbons (Fsp3) is 0.222. The Labute approximate surface area is 149 Å². The van der Waals surface area contributed by atoms with E-state index in [1.54, 1.807) is 12.3 Å². The molecule has 0 bridgehead atoms. The number of anilines is 1. The molecule has 3 N–H and O–H groups in total. The quantitative estimate of drug-likeness (QED) is 0.713. The summed E-state index contributed by atoms with van der Waals surface area (Å²) in [6.07, 6.45) is 4.12. The van der Waals surface area contributed by atoms with Gasteiger partial charge in [-0.25, -0.2) is 0 Å². The van der Waals surface area contributed by atoms with Gasteiger partial charge in [-0.1, -0.05) is 12.1 Å². The van der Waals surface area contributed by atoms with Gasteiger partial charge in [0.05, 0.1) is 5.69 Å². The van der Waals surface area contributed by atoms with Crippen molar-refractivity contribution in [2.24, 2.45) is 0 Å². The minimum absolute atomic E-state index is 0.162. The van der Waals surface area contributed by atoms with Gasteiger partial charge in [-0.2, -0.15) is 5.10 Å². The minimum atomic E-state index is -0.740. The highest BCUT2D eigenvalue weighted by Gasteiger charge is 2.40. The molecule has 2 aliphatic rings. The molecule has 4 rings (SSSR count). The van der Waals surface area contributed by atoms with Crippen molar-refractivity contribution in [1.29, 1.82) is 0 Å². The SMILES string of the molecule is O=C1NCCCC1N1C(=O)C=C(Nc2cccc(-c3ccn[nH]3)c2)C1=O. The normalized spacial score (nSPS) is 20.2. The summed E-state index contributed by atoms with van der Waals surface area (Å²) in [6.45, 7) is 0.574. The van der Waals surface area contributed by atoms with Crippen LogP contribution in [0.1, 0.15) is 12.8 Å². The van der Waals surface area contributed by atoms with E-state index in [0.29, 0.717) is 18.7 Å². The second kappa shape index (κ2) is 6.47. The number of nitrogens with one attached hydrogen (secondary N) is 3. The fourth-order valence-electron chi connectivity index (χ4n) is 3.21. The van der Waals surface area contributed by atoms with Crippen molar-refractivity contribution in [3.05, 3.63) is 48.3 Å². The molecule has 0 aliphatic carbocycles. The molecule has 8 nitrogen and oxygen atoms in total. The predicted molar refractivity (Wildman–Crippen MR) is 93.6 cm³/mol. The lowest BCUT2D eigenvalue weighted by atomic mass is 10.1. The maximum atomic E-state index is 12.7. The molecule has 0 radical (unpaired) electrons. The molecule has 8 heteroatoms. The number of carbonyl (C=O) groups is 3. The van der Waals surface area contributed by atoms with Crippen molar-refractivity contribution in [3.63, 3.8) is 0 Å². The van der Waals surface area contributed by atoms with E-state index in [9.17, 15) is 14.4 Å². The van der Waals surface area contributed by atoms with Gasteiger partial charge < -0.3 is 10.6 Å². The van der Waals surface area contributed by atoms with Gasteiger partial charge in [0.2, 0.25) is 5.91 Å². The van der Waals surface area contributed by atoms with Gasteiger partial charge in [0.15, 0.2) is 0 Å². The minimum Gasteiger partial charge on any atom is -0.354 e. The van der Waals surface area contributed by atoms with Crippen LogP contribution in [0.15, 0.2) is 48.3 Å². The van der Waals surface area contributed by atoms with E-state index in [0.717, 1.165) is 22.6 Å². The van der Waals surface area contributed by atoms with Crippen LogP contribution in [0.5, 0.6) is 0 Å². The topological polar surface area (TPSA) is 107 Å². The monoisotopic (exact) mass is 351 g/mol. The standard InChI is InChI=1S/C18H17N5O3/c24-16-10-14(18(26)23(16)15-5-2-7-19-17(15)25)21-12-4-1-3-11(9-12)13-6-8-20-22-13/h1,3-4,6,8-10,15,21H,2,5,7H2,(H,19,25)(H,20,22). The lowest BCUT2D eigenvalue weighted by molar-refractivity contribution is -0.146. The average molecular weight is 351 g/mol. The van der Waals surface area contributed by atoms with Crippen molar-refractivity contribution in [2.75, 3.05) is 11.9 Å². The summed E-state index contributed by atoms with van der Waals surface area (Å²) < 4.78 is 0. The number of nitrogens with zero attached hydrogens (tertiary/aromatic N) is 2. The zero-order valence-electron chi connectivity index (χ0n) is 13.9. The third-order valence-electron chi connectivity index (χ3n) is 4.48. The van der Waals surface area contributed by atoms with Gasteiger partial charge in [-0.05, 0) is 31.0 Å². The van der Waals surface area contributed by atoms with Crippen molar-refractivity contribution in [2.45, 2.75) is 18.9 Å². The molecule has 3 amide bonds. The second-order valence-electron chi connectivity index (χ2n) is 6.20. The number of benzene rings is 1. The lowest BCUT2D eigenvalue weighted by Crippen LogP contribution is -2.53. The Kier molecular flexibility index (Phi) is 4.00. The van der Waals surface area contributed by atoms with Crippen molar-refractivity contribution < 1.29 is 14.4 Å². The highest BCUT2D eigenvalue weighted by molar-refractivity contribution is 6.19. The number of piperidine rings is 1. The summed E-state index contributed by atoms with van der Waals surface area (Å²) in [5.41, 5.74) is 2.57. The first-order valence-electron chi connectivity index (χ1n) is 8.37. The number of rotatable bonds is 4. The molecule has 1 atom stereocenters. The van der Waals surface area contributed by atoms with Crippen LogP contribution in [0.25, 0.3) is 11.3 Å². The second-order valence-corrected chi connectivity index (χ2v) is 6.20. The molecule has 26 heavy (non-hydrogen) atoms. The van der Waals surface area contributed by atoms with Gasteiger partial charge in [0.1, 0.15) is 11.7 Å². The van der Waals surface area contributed by atoms with Crippen LogP contribution in [0, 0.1) is 0 Å². The molecule has 3 heterocycles. The van der Waals surface area contributed by atoms with E-state index in [4.69, 9.17) is 0 Å². The van der Waals surface area contributed by atoms with Gasteiger partial charge in [-0.15, -0.1) is 0 Å². The van der Waals surface area contributed by atoms with E-state index >= 15 is 0 Å². The van der Waals surface area contributed by atoms with Gasteiger partial charge >= 0.3 is 0 Å². The molecular weight excluding hydrogens is 334 g/mol. The lowest BCUT2D eigenvalue weighted by Gasteiger charge is -2.28. The molecule has 0 spiro atoms. The predicted octanol–water partition coefficient (Wildman–Crippen LogP) is 1.02. The van der Waals surface area contributed by atoms with Crippen molar-refractivity contribution in [1.82, 2.24) is 20.4 Å². The number of aromatic nitrogens is 2. The van der Waals surface area contributed by atoms with Crippen LogP contribution in [0.3, 0.4) is 0 Å². The van der Waals surface area contributed by atoms with Crippen LogP contribution in [-0.2, 0) is 14.4 Å². The number of amides is 3. The van der Waals surface area contributed by atoms with Crippen LogP contribution < -0.4 is 10.6 Å². The Balaban J connectivity index is 1.53.